The summed E-state index contributed by atoms with van der Waals surface area (Å²) < 4.78 is 41.1. The molecule has 1 saturated heterocycles. The smallest absolute Gasteiger partial charge is 0.263 e. The lowest BCUT2D eigenvalue weighted by atomic mass is 10.1. The van der Waals surface area contributed by atoms with E-state index in [0.29, 0.717) is 42.5 Å². The fourth-order valence-corrected chi connectivity index (χ4v) is 4.49. The van der Waals surface area contributed by atoms with Crippen molar-refractivity contribution in [3.8, 4) is 0 Å². The number of hydrogen-bond donors (Lipinski definition) is 1. The molecule has 2 aromatic carbocycles. The van der Waals surface area contributed by atoms with Crippen molar-refractivity contribution in [1.29, 1.82) is 0 Å². The van der Waals surface area contributed by atoms with E-state index >= 15 is 0 Å². The van der Waals surface area contributed by atoms with Gasteiger partial charge in [0.25, 0.3) is 15.9 Å². The van der Waals surface area contributed by atoms with Crippen LogP contribution in [-0.4, -0.2) is 48.5 Å². The highest BCUT2D eigenvalue weighted by Gasteiger charge is 2.24. The van der Waals surface area contributed by atoms with E-state index in [4.69, 9.17) is 11.6 Å². The number of nitrogens with zero attached hydrogens (tertiary/aromatic N) is 3. The Bertz CT molecular complexity index is 1200. The molecule has 3 aromatic rings. The minimum absolute atomic E-state index is 0.0486. The van der Waals surface area contributed by atoms with Gasteiger partial charge in [-0.15, -0.1) is 0 Å². The summed E-state index contributed by atoms with van der Waals surface area (Å²) in [6.45, 7) is 0.696. The average molecular weight is 449 g/mol. The summed E-state index contributed by atoms with van der Waals surface area (Å²) in [6, 6.07) is 12.5. The van der Waals surface area contributed by atoms with Gasteiger partial charge in [-0.1, -0.05) is 23.7 Å². The lowest BCUT2D eigenvalue weighted by Gasteiger charge is -2.28. The Morgan fingerprint density at radius 1 is 1.03 bits per heavy atom. The molecule has 10 heteroatoms. The third kappa shape index (κ3) is 4.22. The summed E-state index contributed by atoms with van der Waals surface area (Å²) in [6.07, 6.45) is -0.247. The number of amides is 1. The van der Waals surface area contributed by atoms with Gasteiger partial charge in [-0.25, -0.2) is 22.8 Å². The van der Waals surface area contributed by atoms with Crippen molar-refractivity contribution < 1.29 is 17.6 Å². The third-order valence-electron chi connectivity index (χ3n) is 4.88. The minimum atomic E-state index is -3.99. The molecule has 0 bridgehead atoms. The van der Waals surface area contributed by atoms with Crippen molar-refractivity contribution in [2.24, 2.45) is 0 Å². The summed E-state index contributed by atoms with van der Waals surface area (Å²) in [5.41, 5.74) is 1.39. The number of carbonyl (C=O) groups excluding carboxylic acids is 1. The molecule has 0 saturated carbocycles. The molecule has 0 unspecified atom stereocenters. The molecular weight excluding hydrogens is 431 g/mol. The maximum atomic E-state index is 13.3. The van der Waals surface area contributed by atoms with Crippen LogP contribution in [0.25, 0.3) is 11.0 Å². The number of hydrogen-bond acceptors (Lipinski definition) is 5. The number of fused-ring (bicyclic) bond motifs is 1. The van der Waals surface area contributed by atoms with Gasteiger partial charge in [-0.2, -0.15) is 0 Å². The molecule has 30 heavy (non-hydrogen) atoms. The van der Waals surface area contributed by atoms with Crippen LogP contribution in [-0.2, 0) is 10.0 Å². The van der Waals surface area contributed by atoms with Crippen LogP contribution in [0.3, 0.4) is 0 Å². The number of carbonyl (C=O) groups is 1. The van der Waals surface area contributed by atoms with Gasteiger partial charge in [0, 0.05) is 18.7 Å². The largest absolute Gasteiger partial charge is 0.338 e. The lowest BCUT2D eigenvalue weighted by Crippen LogP contribution is -2.39. The first-order valence-electron chi connectivity index (χ1n) is 9.32. The number of alkyl halides is 1. The fraction of sp³-hybridized carbons (Fsp3) is 0.250. The predicted octanol–water partition coefficient (Wildman–Crippen LogP) is 3.66. The van der Waals surface area contributed by atoms with Crippen molar-refractivity contribution in [3.05, 3.63) is 59.2 Å². The van der Waals surface area contributed by atoms with Crippen molar-refractivity contribution in [1.82, 2.24) is 14.9 Å². The van der Waals surface area contributed by atoms with Gasteiger partial charge in [0.2, 0.25) is 0 Å². The number of anilines is 1. The van der Waals surface area contributed by atoms with Crippen LogP contribution >= 0.6 is 11.6 Å². The highest BCUT2D eigenvalue weighted by atomic mass is 35.5. The van der Waals surface area contributed by atoms with Crippen LogP contribution in [0.2, 0.25) is 5.15 Å². The van der Waals surface area contributed by atoms with E-state index in [-0.39, 0.29) is 21.8 Å². The maximum Gasteiger partial charge on any atom is 0.263 e. The molecule has 1 fully saturated rings. The number of rotatable bonds is 4. The Balaban J connectivity index is 1.53. The first-order chi connectivity index (χ1) is 14.3. The predicted molar refractivity (Wildman–Crippen MR) is 112 cm³/mol. The Morgan fingerprint density at radius 3 is 2.27 bits per heavy atom. The van der Waals surface area contributed by atoms with Crippen LogP contribution in [0.1, 0.15) is 23.2 Å². The second kappa shape index (κ2) is 8.16. The van der Waals surface area contributed by atoms with Crippen LogP contribution in [0.5, 0.6) is 0 Å². The van der Waals surface area contributed by atoms with E-state index in [0.717, 1.165) is 0 Å². The van der Waals surface area contributed by atoms with Crippen molar-refractivity contribution in [2.75, 3.05) is 17.8 Å². The normalized spacial score (nSPS) is 15.3. The fourth-order valence-electron chi connectivity index (χ4n) is 3.24. The molecule has 1 amide bonds. The summed E-state index contributed by atoms with van der Waals surface area (Å²) >= 11 is 6.08. The Labute approximate surface area is 177 Å². The molecule has 0 aliphatic carbocycles. The molecule has 7 nitrogen and oxygen atoms in total. The summed E-state index contributed by atoms with van der Waals surface area (Å²) in [5.74, 6) is -0.327. The highest BCUT2D eigenvalue weighted by Crippen LogP contribution is 2.24. The molecule has 0 atom stereocenters. The summed E-state index contributed by atoms with van der Waals surface area (Å²) in [5, 5.41) is -0.0691. The first-order valence-corrected chi connectivity index (χ1v) is 11.2. The second-order valence-corrected chi connectivity index (χ2v) is 8.99. The maximum absolute atomic E-state index is 13.3. The molecule has 2 heterocycles. The van der Waals surface area contributed by atoms with Gasteiger partial charge in [0.05, 0.1) is 15.9 Å². The minimum Gasteiger partial charge on any atom is -0.338 e. The molecule has 156 valence electrons. The van der Waals surface area contributed by atoms with E-state index < -0.39 is 16.2 Å². The standard InChI is InChI=1S/C20H18ClFN4O3S/c21-18-19(24-17-4-2-1-3-16(17)23-18)25-30(28,29)15-7-5-13(6-8-15)20(27)26-11-9-14(22)10-12-26/h1-8,14H,9-12H2,(H,24,25). The Kier molecular flexibility index (Phi) is 5.57. The molecular formula is C20H18ClFN4O3S. The number of para-hydroxylation sites is 2. The van der Waals surface area contributed by atoms with Crippen molar-refractivity contribution in [3.63, 3.8) is 0 Å². The number of piperidine rings is 1. The van der Waals surface area contributed by atoms with Crippen molar-refractivity contribution in [2.45, 2.75) is 23.9 Å². The third-order valence-corrected chi connectivity index (χ3v) is 6.50. The Morgan fingerprint density at radius 2 is 1.63 bits per heavy atom. The zero-order chi connectivity index (χ0) is 21.3. The lowest BCUT2D eigenvalue weighted by molar-refractivity contribution is 0.0667. The van der Waals surface area contributed by atoms with E-state index in [1.54, 1.807) is 29.2 Å². The average Bonchev–Trinajstić information content (AvgIpc) is 2.74. The van der Waals surface area contributed by atoms with Crippen LogP contribution in [0.15, 0.2) is 53.4 Å². The summed E-state index contributed by atoms with van der Waals surface area (Å²) in [7, 11) is -3.99. The monoisotopic (exact) mass is 448 g/mol. The zero-order valence-electron chi connectivity index (χ0n) is 15.8. The number of halogens is 2. The number of nitrogens with one attached hydrogen (secondary N) is 1. The second-order valence-electron chi connectivity index (χ2n) is 6.95. The number of sulfonamides is 1. The van der Waals surface area contributed by atoms with Crippen LogP contribution in [0.4, 0.5) is 10.2 Å². The number of benzene rings is 2. The van der Waals surface area contributed by atoms with E-state index in [2.05, 4.69) is 14.7 Å². The highest BCUT2D eigenvalue weighted by molar-refractivity contribution is 7.92. The molecule has 0 radical (unpaired) electrons. The van der Waals surface area contributed by atoms with Gasteiger partial charge >= 0.3 is 0 Å². The zero-order valence-corrected chi connectivity index (χ0v) is 17.3. The molecule has 1 aromatic heterocycles. The van der Waals surface area contributed by atoms with Gasteiger partial charge in [-0.05, 0) is 49.2 Å². The molecule has 4 rings (SSSR count). The quantitative estimate of drug-likeness (QED) is 0.657. The van der Waals surface area contributed by atoms with Gasteiger partial charge in [-0.3, -0.25) is 9.52 Å². The molecule has 0 spiro atoms. The van der Waals surface area contributed by atoms with Gasteiger partial charge < -0.3 is 4.90 Å². The van der Waals surface area contributed by atoms with Crippen molar-refractivity contribution >= 4 is 44.4 Å². The molecule has 1 aliphatic rings. The molecule has 1 aliphatic heterocycles. The van der Waals surface area contributed by atoms with Crippen LogP contribution < -0.4 is 4.72 Å². The van der Waals surface area contributed by atoms with E-state index in [1.165, 1.54) is 24.3 Å². The Hall–Kier alpha value is -2.78. The molecule has 1 N–H and O–H groups in total. The van der Waals surface area contributed by atoms with E-state index in [9.17, 15) is 17.6 Å². The van der Waals surface area contributed by atoms with E-state index in [1.807, 2.05) is 0 Å². The van der Waals surface area contributed by atoms with Gasteiger partial charge in [0.15, 0.2) is 11.0 Å². The first kappa shape index (κ1) is 20.5. The van der Waals surface area contributed by atoms with Gasteiger partial charge in [0.1, 0.15) is 6.17 Å². The number of likely N-dealkylation sites (tertiary alicyclic amines) is 1. The topological polar surface area (TPSA) is 92.3 Å². The number of aromatic nitrogens is 2. The van der Waals surface area contributed by atoms with Crippen LogP contribution in [0, 0.1) is 0 Å². The SMILES string of the molecule is O=C(c1ccc(S(=O)(=O)Nc2nc3ccccc3nc2Cl)cc1)N1CCC(F)CC1. The summed E-state index contributed by atoms with van der Waals surface area (Å²) in [4.78, 5) is 22.4.